The van der Waals surface area contributed by atoms with E-state index in [1.165, 1.54) is 4.68 Å². The quantitative estimate of drug-likeness (QED) is 0.691. The number of hydrogen-bond donors (Lipinski definition) is 0. The molecule has 1 aromatic rings. The van der Waals surface area contributed by atoms with Crippen molar-refractivity contribution in [3.8, 4) is 5.88 Å². The molecule has 1 radical (unpaired) electrons. The molecular weight excluding hydrogens is 189 g/mol. The number of nitrogens with zero attached hydrogens (tertiary/aromatic N) is 2. The molecule has 0 unspecified atom stereocenters. The molecule has 0 fully saturated rings. The number of halogens is 2. The zero-order valence-electron chi connectivity index (χ0n) is 8.42. The van der Waals surface area contributed by atoms with Gasteiger partial charge in [0, 0.05) is 18.3 Å². The first-order chi connectivity index (χ1) is 6.56. The van der Waals surface area contributed by atoms with E-state index in [1.54, 1.807) is 7.05 Å². The van der Waals surface area contributed by atoms with Gasteiger partial charge in [-0.3, -0.25) is 4.68 Å². The predicted octanol–water partition coefficient (Wildman–Crippen LogP) is 1.58. The molecule has 1 aromatic heterocycles. The third-order valence-electron chi connectivity index (χ3n) is 2.03. The lowest BCUT2D eigenvalue weighted by Gasteiger charge is -2.02. The Morgan fingerprint density at radius 3 is 2.71 bits per heavy atom. The zero-order chi connectivity index (χ0) is 10.7. The van der Waals surface area contributed by atoms with Crippen molar-refractivity contribution in [1.29, 1.82) is 0 Å². The molecule has 0 aliphatic carbocycles. The second-order valence-corrected chi connectivity index (χ2v) is 2.98. The van der Waals surface area contributed by atoms with Crippen molar-refractivity contribution < 1.29 is 13.5 Å². The van der Waals surface area contributed by atoms with Crippen LogP contribution in [-0.4, -0.2) is 23.7 Å². The number of aromatic nitrogens is 2. The molecule has 1 heterocycles. The average Bonchev–Trinajstić information content (AvgIpc) is 2.32. The van der Waals surface area contributed by atoms with Gasteiger partial charge in [0.2, 0.25) is 5.88 Å². The van der Waals surface area contributed by atoms with Gasteiger partial charge in [0.15, 0.2) is 0 Å². The Kier molecular flexibility index (Phi) is 3.49. The van der Waals surface area contributed by atoms with E-state index in [0.29, 0.717) is 6.32 Å². The number of hydrogen-bond acceptors (Lipinski definition) is 2. The van der Waals surface area contributed by atoms with E-state index >= 15 is 0 Å². The van der Waals surface area contributed by atoms with Gasteiger partial charge in [0.1, 0.15) is 7.28 Å². The summed E-state index contributed by atoms with van der Waals surface area (Å²) in [6.45, 7) is 0.864. The van der Waals surface area contributed by atoms with Crippen molar-refractivity contribution in [3.63, 3.8) is 0 Å². The topological polar surface area (TPSA) is 27.1 Å². The van der Waals surface area contributed by atoms with Gasteiger partial charge in [-0.05, 0) is 13.2 Å². The minimum absolute atomic E-state index is 0.0260. The highest BCUT2D eigenvalue weighted by Crippen LogP contribution is 2.22. The molecule has 1 rings (SSSR count). The first-order valence-corrected chi connectivity index (χ1v) is 4.31. The summed E-state index contributed by atoms with van der Waals surface area (Å²) < 4.78 is 29.9. The smallest absolute Gasteiger partial charge is 0.388 e. The molecule has 0 N–H and O–H groups in total. The van der Waals surface area contributed by atoms with Gasteiger partial charge in [-0.1, -0.05) is 6.82 Å². The van der Waals surface area contributed by atoms with Crippen LogP contribution in [0.15, 0.2) is 0 Å². The first-order valence-electron chi connectivity index (χ1n) is 4.31. The van der Waals surface area contributed by atoms with E-state index in [-0.39, 0.29) is 5.88 Å². The Hall–Kier alpha value is -1.07. The highest BCUT2D eigenvalue weighted by molar-refractivity contribution is 6.33. The molecule has 0 aromatic carbocycles. The fourth-order valence-corrected chi connectivity index (χ4v) is 1.24. The molecule has 0 saturated heterocycles. The minimum atomic E-state index is -2.82. The van der Waals surface area contributed by atoms with Crippen LogP contribution in [0.5, 0.6) is 5.88 Å². The lowest BCUT2D eigenvalue weighted by atomic mass is 9.75. The molecule has 0 bridgehead atoms. The van der Waals surface area contributed by atoms with Gasteiger partial charge in [0.25, 0.3) is 0 Å². The van der Waals surface area contributed by atoms with Crippen molar-refractivity contribution in [2.75, 3.05) is 0 Å². The summed E-state index contributed by atoms with van der Waals surface area (Å²) in [5.41, 5.74) is 1.56. The number of aryl methyl sites for hydroxylation is 1. The van der Waals surface area contributed by atoms with Crippen LogP contribution in [0.25, 0.3) is 0 Å². The maximum Gasteiger partial charge on any atom is 0.388 e. The molecule has 77 valence electrons. The van der Waals surface area contributed by atoms with Gasteiger partial charge in [-0.25, -0.2) is 0 Å². The summed E-state index contributed by atoms with van der Waals surface area (Å²) in [5.74, 6) is 0.0260. The second-order valence-electron chi connectivity index (χ2n) is 2.98. The number of rotatable bonds is 4. The van der Waals surface area contributed by atoms with E-state index in [9.17, 15) is 8.78 Å². The molecule has 0 spiro atoms. The Bertz CT molecular complexity index is 315. The number of alkyl halides is 2. The first kappa shape index (κ1) is 11.0. The zero-order valence-corrected chi connectivity index (χ0v) is 8.42. The Balaban J connectivity index is 2.96. The van der Waals surface area contributed by atoms with Crippen molar-refractivity contribution in [3.05, 3.63) is 11.3 Å². The Morgan fingerprint density at radius 1 is 1.57 bits per heavy atom. The van der Waals surface area contributed by atoms with Crippen LogP contribution in [-0.2, 0) is 13.4 Å². The maximum atomic E-state index is 12.0. The van der Waals surface area contributed by atoms with Crippen molar-refractivity contribution in [2.24, 2.45) is 7.05 Å². The summed E-state index contributed by atoms with van der Waals surface area (Å²) in [7, 11) is 3.58. The molecule has 0 aliphatic heterocycles. The second kappa shape index (κ2) is 4.44. The van der Waals surface area contributed by atoms with Crippen LogP contribution in [0.4, 0.5) is 8.78 Å². The lowest BCUT2D eigenvalue weighted by Crippen LogP contribution is -2.05. The van der Waals surface area contributed by atoms with Gasteiger partial charge in [-0.2, -0.15) is 8.78 Å². The third kappa shape index (κ3) is 2.24. The molecule has 0 atom stereocenters. The third-order valence-corrected chi connectivity index (χ3v) is 2.03. The summed E-state index contributed by atoms with van der Waals surface area (Å²) in [6.07, 6.45) is 0.585. The van der Waals surface area contributed by atoms with Gasteiger partial charge < -0.3 is 4.74 Å². The molecule has 0 aliphatic rings. The molecule has 3 nitrogen and oxygen atoms in total. The summed E-state index contributed by atoms with van der Waals surface area (Å²) in [4.78, 5) is 0. The van der Waals surface area contributed by atoms with Gasteiger partial charge >= 0.3 is 6.61 Å². The van der Waals surface area contributed by atoms with Gasteiger partial charge in [-0.15, -0.1) is 5.10 Å². The van der Waals surface area contributed by atoms with Crippen LogP contribution in [0.1, 0.15) is 11.3 Å². The van der Waals surface area contributed by atoms with Crippen LogP contribution in [0, 0.1) is 6.92 Å². The Labute approximate surface area is 82.3 Å². The normalized spacial score (nSPS) is 10.7. The number of ether oxygens (including phenoxy) is 1. The fraction of sp³-hybridized carbons (Fsp3) is 0.625. The van der Waals surface area contributed by atoms with Crippen LogP contribution >= 0.6 is 0 Å². The van der Waals surface area contributed by atoms with Crippen molar-refractivity contribution in [1.82, 2.24) is 9.78 Å². The summed E-state index contributed by atoms with van der Waals surface area (Å²) >= 11 is 0. The molecule has 6 heteroatoms. The lowest BCUT2D eigenvalue weighted by molar-refractivity contribution is -0.0536. The SMILES string of the molecule is C[B]Cc1c(OC(F)F)nn(C)c1C. The highest BCUT2D eigenvalue weighted by Gasteiger charge is 2.16. The van der Waals surface area contributed by atoms with Gasteiger partial charge in [0.05, 0.1) is 0 Å². The highest BCUT2D eigenvalue weighted by atomic mass is 19.3. The maximum absolute atomic E-state index is 12.0. The monoisotopic (exact) mass is 201 g/mol. The summed E-state index contributed by atoms with van der Waals surface area (Å²) in [6, 6.07) is 0. The average molecular weight is 201 g/mol. The fourth-order valence-electron chi connectivity index (χ4n) is 1.24. The minimum Gasteiger partial charge on any atom is -0.415 e. The van der Waals surface area contributed by atoms with Crippen LogP contribution in [0.3, 0.4) is 0 Å². The standard InChI is InChI=1S/C8H12BF2N2O/c1-5-6(4-9-2)7(12-13(5)3)14-8(10)11/h8H,4H2,1-3H3. The van der Waals surface area contributed by atoms with Crippen molar-refractivity contribution in [2.45, 2.75) is 26.7 Å². The van der Waals surface area contributed by atoms with E-state index in [4.69, 9.17) is 0 Å². The van der Waals surface area contributed by atoms with E-state index < -0.39 is 6.61 Å². The van der Waals surface area contributed by atoms with E-state index in [1.807, 2.05) is 21.0 Å². The molecule has 0 saturated carbocycles. The largest absolute Gasteiger partial charge is 0.415 e. The molecular formula is C8H12BF2N2O. The molecule has 0 amide bonds. The van der Waals surface area contributed by atoms with E-state index in [2.05, 4.69) is 9.84 Å². The van der Waals surface area contributed by atoms with Crippen LogP contribution in [0.2, 0.25) is 6.82 Å². The van der Waals surface area contributed by atoms with Crippen LogP contribution < -0.4 is 4.74 Å². The van der Waals surface area contributed by atoms with E-state index in [0.717, 1.165) is 11.3 Å². The molecule has 14 heavy (non-hydrogen) atoms. The Morgan fingerprint density at radius 2 is 2.21 bits per heavy atom. The van der Waals surface area contributed by atoms with Crippen molar-refractivity contribution >= 4 is 7.28 Å². The predicted molar refractivity (Wildman–Crippen MR) is 49.9 cm³/mol. The summed E-state index contributed by atoms with van der Waals surface area (Å²) in [5, 5.41) is 3.86.